The standard InChI is InChI=1S/C25H18BrN5O.C24H17N3O.C23H14Br2FN3.C23H15BrN4/c26-13-5-8-21-18(9-13)20(12-28-21)25-30-23-17-4-2-1-3-15(17)16-7-6-14(29-22(32)11-27)10-19(16)24(23)31-25;1-28-14-10-11-21-19(12-14)20(13-25-21)24-26-22-17-8-4-2-6-15(17)16-7-3-5-9-18(16)23(22)27-24;24-15-5-1-13(2-6-15)21-22(14-3-7-16(25)8-4-14)29-23(28-21)19-12-27-20-10-9-17(26)11-18(19)20;24-12-5-8-20-18(9-12)19(11-26-20)23-27-21-15-4-2-1-3-14(15)17-10-13(25)6-7-16(17)22(21)28-23/h1-10,12,28H,11,27H2,(H,29,32)(H,30,31);2-13,25H,1H3,(H,26,27);1-12,27H,(H,28,29);1-11,26H,25H2,(H,27,28). The van der Waals surface area contributed by atoms with Crippen LogP contribution in [-0.2, 0) is 4.79 Å². The third-order valence-corrected chi connectivity index (χ3v) is 23.6. The van der Waals surface area contributed by atoms with Crippen molar-refractivity contribution in [2.45, 2.75) is 0 Å². The summed E-state index contributed by atoms with van der Waals surface area (Å²) in [6.07, 6.45) is 7.86. The third kappa shape index (κ3) is 13.2. The van der Waals surface area contributed by atoms with Gasteiger partial charge < -0.3 is 61.4 Å². The molecular weight excluding hydrogens is 1720 g/mol. The molecule has 1 amide bonds. The Bertz CT molecular complexity index is 7770. The summed E-state index contributed by atoms with van der Waals surface area (Å²) >= 11 is 14.1. The van der Waals surface area contributed by atoms with E-state index in [-0.39, 0.29) is 18.3 Å². The second-order valence-electron chi connectivity index (χ2n) is 28.5. The van der Waals surface area contributed by atoms with Crippen LogP contribution in [0.2, 0.25) is 0 Å². The van der Waals surface area contributed by atoms with Crippen LogP contribution >= 0.6 is 63.7 Å². The lowest BCUT2D eigenvalue weighted by Gasteiger charge is -2.09. The number of hydrogen-bond donors (Lipinski definition) is 11. The highest BCUT2D eigenvalue weighted by atomic mass is 79.9. The van der Waals surface area contributed by atoms with Gasteiger partial charge >= 0.3 is 0 Å². The summed E-state index contributed by atoms with van der Waals surface area (Å²) in [7, 11) is 1.69. The van der Waals surface area contributed by atoms with Crippen LogP contribution in [0.3, 0.4) is 0 Å². The van der Waals surface area contributed by atoms with E-state index in [4.69, 9.17) is 36.1 Å². The maximum atomic E-state index is 13.8. The van der Waals surface area contributed by atoms with Crippen LogP contribution < -0.4 is 21.5 Å². The first-order chi connectivity index (χ1) is 57.2. The van der Waals surface area contributed by atoms with Crippen LogP contribution in [0.1, 0.15) is 0 Å². The van der Waals surface area contributed by atoms with Crippen LogP contribution in [0.15, 0.2) is 297 Å². The SMILES string of the molecule is COc1ccc2[nH]cc(-c3nc4c5ccccc5c5ccccc5c4[nH]3)c2c1.Fc1ccc2[nH]cc(-c3nc(-c4ccc(Br)cc4)c(-c4ccc(Br)cc4)[nH]3)c2c1.NCC(=O)Nc1ccc2c3ccccc3c3[nH]c(-c4c[nH]c5ccc(Br)cc45)nc3c2c1.Nc1ccc2c(c1)c1ccccc1c1nc(-c3c[nH]c4ccc(Br)cc34)[nH]c21. The second-order valence-corrected chi connectivity index (χ2v) is 32.2. The van der Waals surface area contributed by atoms with Crippen molar-refractivity contribution in [1.82, 2.24) is 59.8 Å². The number of benzene rings is 15. The molecule has 23 aromatic rings. The van der Waals surface area contributed by atoms with Gasteiger partial charge in [0.25, 0.3) is 0 Å². The van der Waals surface area contributed by atoms with E-state index in [2.05, 4.69) is 218 Å². The molecule has 15 aromatic carbocycles. The molecule has 0 bridgehead atoms. The zero-order valence-electron chi connectivity index (χ0n) is 61.9. The largest absolute Gasteiger partial charge is 0.497 e. The predicted octanol–water partition coefficient (Wildman–Crippen LogP) is 25.6. The molecule has 0 atom stereocenters. The Balaban J connectivity index is 0.000000101. The molecule has 0 fully saturated rings. The number of nitrogen functional groups attached to an aromatic ring is 1. The van der Waals surface area contributed by atoms with Crippen LogP contribution in [0, 0.1) is 5.82 Å². The number of carbonyl (C=O) groups excluding carboxylic acids is 1. The predicted molar refractivity (Wildman–Crippen MR) is 491 cm³/mol. The van der Waals surface area contributed by atoms with Crippen molar-refractivity contribution in [3.05, 3.63) is 303 Å². The Hall–Kier alpha value is -13.5. The molecule has 23 rings (SSSR count). The number of ether oxygens (including phenoxy) is 1. The van der Waals surface area contributed by atoms with Gasteiger partial charge in [-0.05, 0) is 154 Å². The maximum absolute atomic E-state index is 13.8. The van der Waals surface area contributed by atoms with Gasteiger partial charge in [-0.1, -0.05) is 197 Å². The van der Waals surface area contributed by atoms with Gasteiger partial charge in [-0.15, -0.1) is 0 Å². The highest BCUT2D eigenvalue weighted by Gasteiger charge is 2.23. The number of halogens is 5. The van der Waals surface area contributed by atoms with Crippen molar-refractivity contribution in [2.24, 2.45) is 5.73 Å². The van der Waals surface area contributed by atoms with Crippen molar-refractivity contribution in [3.63, 3.8) is 0 Å². The number of methoxy groups -OCH3 is 1. The zero-order chi connectivity index (χ0) is 79.3. The van der Waals surface area contributed by atoms with Crippen LogP contribution in [0.25, 0.3) is 209 Å². The Morgan fingerprint density at radius 3 is 1.27 bits per heavy atom. The van der Waals surface area contributed by atoms with Gasteiger partial charge in [0.1, 0.15) is 34.9 Å². The van der Waals surface area contributed by atoms with Gasteiger partial charge in [-0.2, -0.15) is 0 Å². The zero-order valence-corrected chi connectivity index (χ0v) is 68.3. The summed E-state index contributed by atoms with van der Waals surface area (Å²) in [5.74, 6) is 3.53. The van der Waals surface area contributed by atoms with Crippen molar-refractivity contribution in [3.8, 4) is 73.8 Å². The number of aromatic amines is 8. The molecule has 0 aliphatic rings. The minimum absolute atomic E-state index is 0.0617. The van der Waals surface area contributed by atoms with Gasteiger partial charge in [0.2, 0.25) is 5.91 Å². The molecule has 117 heavy (non-hydrogen) atoms. The molecule has 0 spiro atoms. The van der Waals surface area contributed by atoms with Crippen molar-refractivity contribution in [2.75, 3.05) is 24.7 Å². The van der Waals surface area contributed by atoms with E-state index in [0.717, 1.165) is 217 Å². The summed E-state index contributed by atoms with van der Waals surface area (Å²) in [5.41, 5.74) is 30.7. The highest BCUT2D eigenvalue weighted by molar-refractivity contribution is 9.11. The number of hydrogen-bond acceptors (Lipinski definition) is 8. The third-order valence-electron chi connectivity index (χ3n) is 21.6. The average molecular weight is 1790 g/mol. The number of imidazole rings is 4. The summed E-state index contributed by atoms with van der Waals surface area (Å²) in [4.78, 5) is 59.2. The topological polar surface area (TPSA) is 268 Å². The fourth-order valence-corrected chi connectivity index (χ4v) is 17.3. The van der Waals surface area contributed by atoms with Crippen molar-refractivity contribution >= 4 is 222 Å². The quantitative estimate of drug-likeness (QED) is 0.0488. The van der Waals surface area contributed by atoms with Crippen LogP contribution in [-0.4, -0.2) is 79.4 Å². The first-order valence-corrected chi connectivity index (χ1v) is 40.7. The molecule has 0 aliphatic carbocycles. The number of H-pyrrole nitrogens is 8. The van der Waals surface area contributed by atoms with E-state index in [1.54, 1.807) is 13.2 Å². The van der Waals surface area contributed by atoms with Crippen LogP contribution in [0.5, 0.6) is 5.75 Å². The lowest BCUT2D eigenvalue weighted by molar-refractivity contribution is -0.114. The van der Waals surface area contributed by atoms with Crippen molar-refractivity contribution in [1.29, 1.82) is 0 Å². The molecule has 0 saturated carbocycles. The molecule has 13 N–H and O–H groups in total. The lowest BCUT2D eigenvalue weighted by Crippen LogP contribution is -2.21. The molecule has 8 heterocycles. The van der Waals surface area contributed by atoms with E-state index in [1.807, 2.05) is 152 Å². The van der Waals surface area contributed by atoms with Gasteiger partial charge in [0.15, 0.2) is 0 Å². The van der Waals surface area contributed by atoms with Gasteiger partial charge in [-0.3, -0.25) is 4.79 Å². The number of aromatic nitrogens is 12. The first kappa shape index (κ1) is 72.5. The number of carbonyl (C=O) groups is 1. The van der Waals surface area contributed by atoms with Gasteiger partial charge in [0.05, 0.1) is 58.1 Å². The number of nitrogens with one attached hydrogen (secondary N) is 9. The summed E-state index contributed by atoms with van der Waals surface area (Å²) < 4.78 is 23.3. The summed E-state index contributed by atoms with van der Waals surface area (Å²) in [5, 5.41) is 20.6. The highest BCUT2D eigenvalue weighted by Crippen LogP contribution is 2.44. The Kier molecular flexibility index (Phi) is 18.4. The molecule has 566 valence electrons. The van der Waals surface area contributed by atoms with Crippen LogP contribution in [0.4, 0.5) is 15.8 Å². The number of amides is 1. The summed E-state index contributed by atoms with van der Waals surface area (Å²) in [6, 6.07) is 84.8. The average Bonchev–Trinajstić information content (AvgIpc) is 1.61. The molecule has 0 radical (unpaired) electrons. The normalized spacial score (nSPS) is 11.6. The monoisotopic (exact) mass is 1780 g/mol. The fourth-order valence-electron chi connectivity index (χ4n) is 16.1. The molecule has 22 heteroatoms. The van der Waals surface area contributed by atoms with Crippen molar-refractivity contribution < 1.29 is 13.9 Å². The molecule has 0 aliphatic heterocycles. The molecular formula is C95H64Br4FN15O2. The molecule has 17 nitrogen and oxygen atoms in total. The smallest absolute Gasteiger partial charge is 0.238 e. The van der Waals surface area contributed by atoms with Gasteiger partial charge in [0, 0.05) is 163 Å². The first-order valence-electron chi connectivity index (χ1n) is 37.5. The van der Waals surface area contributed by atoms with E-state index in [0.29, 0.717) is 11.5 Å². The van der Waals surface area contributed by atoms with E-state index in [9.17, 15) is 9.18 Å². The minimum atomic E-state index is -0.272. The Morgan fingerprint density at radius 2 is 0.769 bits per heavy atom. The number of nitrogens with zero attached hydrogens (tertiary/aromatic N) is 4. The van der Waals surface area contributed by atoms with E-state index in [1.165, 1.54) is 28.3 Å². The maximum Gasteiger partial charge on any atom is 0.238 e. The number of fused-ring (bicyclic) bond motifs is 22. The van der Waals surface area contributed by atoms with Gasteiger partial charge in [-0.25, -0.2) is 24.3 Å². The Labute approximate surface area is 698 Å². The lowest BCUT2D eigenvalue weighted by atomic mass is 9.99. The number of anilines is 2. The number of rotatable bonds is 9. The minimum Gasteiger partial charge on any atom is -0.497 e. The van der Waals surface area contributed by atoms with E-state index < -0.39 is 0 Å². The molecule has 8 aromatic heterocycles. The van der Waals surface area contributed by atoms with E-state index >= 15 is 0 Å². The molecule has 0 unspecified atom stereocenters. The second kappa shape index (κ2) is 29.7. The number of nitrogens with two attached hydrogens (primary N) is 2. The molecule has 0 saturated heterocycles. The summed E-state index contributed by atoms with van der Waals surface area (Å²) in [6.45, 7) is -0.0617. The Morgan fingerprint density at radius 1 is 0.376 bits per heavy atom. The fraction of sp³-hybridized carbons (Fsp3) is 0.0211.